The lowest BCUT2D eigenvalue weighted by atomic mass is 10.1. The van der Waals surface area contributed by atoms with Crippen molar-refractivity contribution < 1.29 is 9.53 Å². The van der Waals surface area contributed by atoms with Crippen molar-refractivity contribution in [3.63, 3.8) is 0 Å². The fourth-order valence-electron chi connectivity index (χ4n) is 0.508. The van der Waals surface area contributed by atoms with E-state index in [2.05, 4.69) is 15.9 Å². The molecule has 0 aliphatic heterocycles. The second kappa shape index (κ2) is 5.55. The standard InChI is InChI=1S/C7H14BrNO2/c1-5(2)6(9)7(10)11-4-3-8/h5-6H,3-4,9H2,1-2H3/t6-/m0/s1. The van der Waals surface area contributed by atoms with Gasteiger partial charge in [-0.1, -0.05) is 29.8 Å². The Morgan fingerprint density at radius 1 is 1.64 bits per heavy atom. The van der Waals surface area contributed by atoms with Gasteiger partial charge in [0.2, 0.25) is 0 Å². The topological polar surface area (TPSA) is 52.3 Å². The van der Waals surface area contributed by atoms with E-state index in [9.17, 15) is 4.79 Å². The zero-order valence-corrected chi connectivity index (χ0v) is 8.43. The number of hydrogen-bond donors (Lipinski definition) is 1. The van der Waals surface area contributed by atoms with Crippen LogP contribution in [0.3, 0.4) is 0 Å². The number of carbonyl (C=O) groups excluding carboxylic acids is 1. The smallest absolute Gasteiger partial charge is 0.323 e. The van der Waals surface area contributed by atoms with Crippen LogP contribution in [0, 0.1) is 5.92 Å². The third kappa shape index (κ3) is 4.37. The monoisotopic (exact) mass is 223 g/mol. The van der Waals surface area contributed by atoms with Gasteiger partial charge < -0.3 is 10.5 Å². The van der Waals surface area contributed by atoms with Crippen molar-refractivity contribution in [2.45, 2.75) is 19.9 Å². The molecule has 0 aromatic carbocycles. The Bertz CT molecular complexity index is 128. The number of esters is 1. The van der Waals surface area contributed by atoms with Gasteiger partial charge in [0, 0.05) is 5.33 Å². The minimum atomic E-state index is -0.492. The molecule has 2 N–H and O–H groups in total. The summed E-state index contributed by atoms with van der Waals surface area (Å²) in [6.07, 6.45) is 0. The third-order valence-electron chi connectivity index (χ3n) is 1.31. The lowest BCUT2D eigenvalue weighted by Gasteiger charge is -2.13. The summed E-state index contributed by atoms with van der Waals surface area (Å²) in [6, 6.07) is -0.492. The first kappa shape index (κ1) is 10.9. The van der Waals surface area contributed by atoms with E-state index in [0.29, 0.717) is 11.9 Å². The normalized spacial score (nSPS) is 13.2. The van der Waals surface area contributed by atoms with E-state index in [1.807, 2.05) is 13.8 Å². The fraction of sp³-hybridized carbons (Fsp3) is 0.857. The molecule has 4 heteroatoms. The highest BCUT2D eigenvalue weighted by molar-refractivity contribution is 9.09. The van der Waals surface area contributed by atoms with Gasteiger partial charge in [-0.25, -0.2) is 0 Å². The lowest BCUT2D eigenvalue weighted by Crippen LogP contribution is -2.37. The zero-order valence-electron chi connectivity index (χ0n) is 6.84. The molecule has 0 aliphatic rings. The Morgan fingerprint density at radius 2 is 2.18 bits per heavy atom. The summed E-state index contributed by atoms with van der Waals surface area (Å²) in [5.74, 6) is -0.183. The predicted octanol–water partition coefficient (Wildman–Crippen LogP) is 0.908. The number of rotatable bonds is 4. The number of carbonyl (C=O) groups is 1. The van der Waals surface area contributed by atoms with Crippen LogP contribution in [0.5, 0.6) is 0 Å². The molecule has 66 valence electrons. The first-order chi connectivity index (χ1) is 5.09. The van der Waals surface area contributed by atoms with Gasteiger partial charge in [0.05, 0.1) is 0 Å². The van der Waals surface area contributed by atoms with E-state index < -0.39 is 6.04 Å². The van der Waals surface area contributed by atoms with Crippen molar-refractivity contribution in [1.82, 2.24) is 0 Å². The molecule has 0 aliphatic carbocycles. The van der Waals surface area contributed by atoms with Gasteiger partial charge >= 0.3 is 5.97 Å². The SMILES string of the molecule is CC(C)[C@H](N)C(=O)OCCBr. The molecule has 0 aromatic heterocycles. The molecule has 0 amide bonds. The molecule has 0 aromatic rings. The highest BCUT2D eigenvalue weighted by Crippen LogP contribution is 2.00. The second-order valence-corrected chi connectivity index (χ2v) is 3.42. The fourth-order valence-corrected chi connectivity index (χ4v) is 0.669. The van der Waals surface area contributed by atoms with Crippen LogP contribution in [0.4, 0.5) is 0 Å². The first-order valence-electron chi connectivity index (χ1n) is 3.57. The quantitative estimate of drug-likeness (QED) is 0.570. The molecule has 0 bridgehead atoms. The molecule has 11 heavy (non-hydrogen) atoms. The van der Waals surface area contributed by atoms with E-state index in [-0.39, 0.29) is 11.9 Å². The van der Waals surface area contributed by atoms with Gasteiger partial charge in [-0.2, -0.15) is 0 Å². The molecule has 1 atom stereocenters. The van der Waals surface area contributed by atoms with Gasteiger partial charge in [0.25, 0.3) is 0 Å². The van der Waals surface area contributed by atoms with Gasteiger partial charge in [0.1, 0.15) is 12.6 Å². The minimum absolute atomic E-state index is 0.137. The average Bonchev–Trinajstić information content (AvgIpc) is 1.98. The molecule has 0 unspecified atom stereocenters. The molecule has 0 fully saturated rings. The number of alkyl halides is 1. The minimum Gasteiger partial charge on any atom is -0.464 e. The number of ether oxygens (including phenoxy) is 1. The highest BCUT2D eigenvalue weighted by atomic mass is 79.9. The number of hydrogen-bond acceptors (Lipinski definition) is 3. The van der Waals surface area contributed by atoms with Crippen molar-refractivity contribution in [3.05, 3.63) is 0 Å². The summed E-state index contributed by atoms with van der Waals surface area (Å²) in [5, 5.41) is 0.656. The Labute approximate surface area is 75.4 Å². The van der Waals surface area contributed by atoms with E-state index in [0.717, 1.165) is 0 Å². The van der Waals surface area contributed by atoms with Crippen LogP contribution < -0.4 is 5.73 Å². The van der Waals surface area contributed by atoms with Gasteiger partial charge in [0.15, 0.2) is 0 Å². The summed E-state index contributed by atoms with van der Waals surface area (Å²) < 4.78 is 4.80. The summed E-state index contributed by atoms with van der Waals surface area (Å²) in [7, 11) is 0. The van der Waals surface area contributed by atoms with Crippen LogP contribution >= 0.6 is 15.9 Å². The average molecular weight is 224 g/mol. The molecule has 0 saturated heterocycles. The van der Waals surface area contributed by atoms with Gasteiger partial charge in [-0.05, 0) is 5.92 Å². The van der Waals surface area contributed by atoms with Crippen LogP contribution in [-0.4, -0.2) is 23.9 Å². The molecule has 0 saturated carbocycles. The molecule has 0 rings (SSSR count). The van der Waals surface area contributed by atoms with E-state index in [1.165, 1.54) is 0 Å². The van der Waals surface area contributed by atoms with Crippen LogP contribution in [0.2, 0.25) is 0 Å². The van der Waals surface area contributed by atoms with Gasteiger partial charge in [-0.3, -0.25) is 4.79 Å². The maximum Gasteiger partial charge on any atom is 0.323 e. The van der Waals surface area contributed by atoms with Crippen molar-refractivity contribution >= 4 is 21.9 Å². The van der Waals surface area contributed by atoms with Crippen LogP contribution in [0.25, 0.3) is 0 Å². The van der Waals surface area contributed by atoms with Crippen LogP contribution in [0.1, 0.15) is 13.8 Å². The second-order valence-electron chi connectivity index (χ2n) is 2.63. The Balaban J connectivity index is 3.64. The Kier molecular flexibility index (Phi) is 5.50. The van der Waals surface area contributed by atoms with Crippen molar-refractivity contribution in [3.8, 4) is 0 Å². The summed E-state index contributed by atoms with van der Waals surface area (Å²) >= 11 is 3.15. The van der Waals surface area contributed by atoms with E-state index in [1.54, 1.807) is 0 Å². The third-order valence-corrected chi connectivity index (χ3v) is 1.64. The largest absolute Gasteiger partial charge is 0.464 e. The maximum absolute atomic E-state index is 11.0. The molecule has 3 nitrogen and oxygen atoms in total. The zero-order chi connectivity index (χ0) is 8.85. The summed E-state index contributed by atoms with van der Waals surface area (Å²) in [4.78, 5) is 11.0. The molecular formula is C7H14BrNO2. The van der Waals surface area contributed by atoms with Gasteiger partial charge in [-0.15, -0.1) is 0 Å². The van der Waals surface area contributed by atoms with Crippen molar-refractivity contribution in [2.75, 3.05) is 11.9 Å². The summed E-state index contributed by atoms with van der Waals surface area (Å²) in [6.45, 7) is 4.17. The highest BCUT2D eigenvalue weighted by Gasteiger charge is 2.17. The van der Waals surface area contributed by atoms with Crippen LogP contribution in [-0.2, 0) is 9.53 Å². The molecule has 0 spiro atoms. The Morgan fingerprint density at radius 3 is 2.55 bits per heavy atom. The van der Waals surface area contributed by atoms with E-state index in [4.69, 9.17) is 10.5 Å². The molecule has 0 radical (unpaired) electrons. The lowest BCUT2D eigenvalue weighted by molar-refractivity contribution is -0.145. The number of halogens is 1. The van der Waals surface area contributed by atoms with Crippen LogP contribution in [0.15, 0.2) is 0 Å². The van der Waals surface area contributed by atoms with Crippen molar-refractivity contribution in [1.29, 1.82) is 0 Å². The van der Waals surface area contributed by atoms with E-state index >= 15 is 0 Å². The number of nitrogens with two attached hydrogens (primary N) is 1. The Hall–Kier alpha value is -0.0900. The maximum atomic E-state index is 11.0. The molecular weight excluding hydrogens is 210 g/mol. The predicted molar refractivity (Wildman–Crippen MR) is 47.6 cm³/mol. The van der Waals surface area contributed by atoms with Crippen molar-refractivity contribution in [2.24, 2.45) is 11.7 Å². The summed E-state index contributed by atoms with van der Waals surface area (Å²) in [5.41, 5.74) is 5.51. The first-order valence-corrected chi connectivity index (χ1v) is 4.70. The molecule has 0 heterocycles.